The first-order valence-corrected chi connectivity index (χ1v) is 6.16. The molecule has 1 atom stereocenters. The SMILES string of the molecule is CC(C)NC(=O)C1C=C2C(=O)CCCC2=NC1=O. The lowest BCUT2D eigenvalue weighted by Gasteiger charge is -2.22. The summed E-state index contributed by atoms with van der Waals surface area (Å²) in [6.45, 7) is 3.64. The number of nitrogens with zero attached hydrogens (tertiary/aromatic N) is 1. The molecular formula is C13H16N2O3. The molecule has 1 unspecified atom stereocenters. The van der Waals surface area contributed by atoms with Crippen molar-refractivity contribution in [1.82, 2.24) is 5.32 Å². The lowest BCUT2D eigenvalue weighted by Crippen LogP contribution is -2.40. The molecule has 96 valence electrons. The Morgan fingerprint density at radius 1 is 1.39 bits per heavy atom. The van der Waals surface area contributed by atoms with E-state index in [1.807, 2.05) is 13.8 Å². The third-order valence-corrected chi connectivity index (χ3v) is 2.99. The average Bonchev–Trinajstić information content (AvgIpc) is 2.27. The zero-order chi connectivity index (χ0) is 13.3. The van der Waals surface area contributed by atoms with Crippen LogP contribution < -0.4 is 5.32 Å². The molecule has 2 rings (SSSR count). The van der Waals surface area contributed by atoms with Crippen LogP contribution in [0.25, 0.3) is 0 Å². The molecule has 0 aromatic heterocycles. The van der Waals surface area contributed by atoms with E-state index in [0.717, 1.165) is 6.42 Å². The van der Waals surface area contributed by atoms with Crippen molar-refractivity contribution in [2.75, 3.05) is 0 Å². The summed E-state index contributed by atoms with van der Waals surface area (Å²) >= 11 is 0. The second kappa shape index (κ2) is 4.84. The molecule has 1 heterocycles. The molecule has 1 aliphatic carbocycles. The zero-order valence-electron chi connectivity index (χ0n) is 10.5. The van der Waals surface area contributed by atoms with Crippen LogP contribution in [0.4, 0.5) is 0 Å². The molecule has 0 bridgehead atoms. The molecule has 1 N–H and O–H groups in total. The first-order chi connectivity index (χ1) is 8.49. The van der Waals surface area contributed by atoms with E-state index >= 15 is 0 Å². The summed E-state index contributed by atoms with van der Waals surface area (Å²) < 4.78 is 0. The van der Waals surface area contributed by atoms with Crippen molar-refractivity contribution in [1.29, 1.82) is 0 Å². The molecular weight excluding hydrogens is 232 g/mol. The van der Waals surface area contributed by atoms with E-state index in [9.17, 15) is 14.4 Å². The quantitative estimate of drug-likeness (QED) is 0.734. The third kappa shape index (κ3) is 2.39. The Hall–Kier alpha value is -1.78. The monoisotopic (exact) mass is 248 g/mol. The van der Waals surface area contributed by atoms with Gasteiger partial charge in [-0.2, -0.15) is 0 Å². The number of carbonyl (C=O) groups excluding carboxylic acids is 3. The minimum absolute atomic E-state index is 0.0187. The largest absolute Gasteiger partial charge is 0.353 e. The predicted molar refractivity (Wildman–Crippen MR) is 66.2 cm³/mol. The Kier molecular flexibility index (Phi) is 3.41. The van der Waals surface area contributed by atoms with Crippen LogP contribution in [0.3, 0.4) is 0 Å². The minimum atomic E-state index is -0.951. The summed E-state index contributed by atoms with van der Waals surface area (Å²) in [7, 11) is 0. The molecule has 0 aromatic rings. The Morgan fingerprint density at radius 2 is 2.11 bits per heavy atom. The summed E-state index contributed by atoms with van der Waals surface area (Å²) in [6, 6.07) is -0.0452. The second-order valence-electron chi connectivity index (χ2n) is 4.89. The number of Topliss-reactive ketones (excluding diaryl/α,β-unsaturated/α-hetero) is 1. The maximum Gasteiger partial charge on any atom is 0.262 e. The van der Waals surface area contributed by atoms with Gasteiger partial charge in [0.25, 0.3) is 5.91 Å². The van der Waals surface area contributed by atoms with Gasteiger partial charge in [0.2, 0.25) is 5.91 Å². The van der Waals surface area contributed by atoms with Gasteiger partial charge in [0.1, 0.15) is 5.92 Å². The third-order valence-electron chi connectivity index (χ3n) is 2.99. The highest BCUT2D eigenvalue weighted by molar-refractivity contribution is 6.28. The Balaban J connectivity index is 2.24. The number of amides is 2. The Morgan fingerprint density at radius 3 is 2.78 bits per heavy atom. The van der Waals surface area contributed by atoms with Gasteiger partial charge in [-0.15, -0.1) is 0 Å². The van der Waals surface area contributed by atoms with Crippen LogP contribution >= 0.6 is 0 Å². The van der Waals surface area contributed by atoms with Crippen molar-refractivity contribution in [2.45, 2.75) is 39.2 Å². The molecule has 5 heteroatoms. The molecule has 0 spiro atoms. The van der Waals surface area contributed by atoms with Crippen LogP contribution in [0.2, 0.25) is 0 Å². The standard InChI is InChI=1S/C13H16N2O3/c1-7(2)14-12(17)9-6-8-10(15-13(9)18)4-3-5-11(8)16/h6-7,9H,3-5H2,1-2H3,(H,14,17). The van der Waals surface area contributed by atoms with Crippen molar-refractivity contribution in [3.05, 3.63) is 11.6 Å². The number of aliphatic imine (C=N–C) groups is 1. The molecule has 18 heavy (non-hydrogen) atoms. The zero-order valence-corrected chi connectivity index (χ0v) is 10.5. The fraction of sp³-hybridized carbons (Fsp3) is 0.538. The fourth-order valence-electron chi connectivity index (χ4n) is 2.15. The lowest BCUT2D eigenvalue weighted by atomic mass is 9.86. The number of allylic oxidation sites excluding steroid dienone is 1. The smallest absolute Gasteiger partial charge is 0.262 e. The van der Waals surface area contributed by atoms with Crippen molar-refractivity contribution < 1.29 is 14.4 Å². The number of fused-ring (bicyclic) bond motifs is 1. The molecule has 5 nitrogen and oxygen atoms in total. The van der Waals surface area contributed by atoms with Gasteiger partial charge < -0.3 is 5.32 Å². The van der Waals surface area contributed by atoms with Crippen LogP contribution in [0.1, 0.15) is 33.1 Å². The molecule has 1 fully saturated rings. The molecule has 0 aromatic carbocycles. The van der Waals surface area contributed by atoms with Gasteiger partial charge in [-0.3, -0.25) is 14.4 Å². The summed E-state index contributed by atoms with van der Waals surface area (Å²) in [5.41, 5.74) is 1.01. The Labute approximate surface area is 105 Å². The van der Waals surface area contributed by atoms with Gasteiger partial charge in [-0.25, -0.2) is 4.99 Å². The molecule has 1 saturated carbocycles. The van der Waals surface area contributed by atoms with E-state index < -0.39 is 11.8 Å². The number of rotatable bonds is 2. The van der Waals surface area contributed by atoms with E-state index in [-0.39, 0.29) is 17.7 Å². The average molecular weight is 248 g/mol. The van der Waals surface area contributed by atoms with Crippen molar-refractivity contribution in [3.8, 4) is 0 Å². The van der Waals surface area contributed by atoms with Crippen molar-refractivity contribution >= 4 is 23.3 Å². The number of hydrogen-bond acceptors (Lipinski definition) is 3. The second-order valence-corrected chi connectivity index (χ2v) is 4.89. The highest BCUT2D eigenvalue weighted by Crippen LogP contribution is 2.24. The highest BCUT2D eigenvalue weighted by atomic mass is 16.2. The van der Waals surface area contributed by atoms with Crippen LogP contribution in [-0.4, -0.2) is 29.4 Å². The number of hydrogen-bond donors (Lipinski definition) is 1. The van der Waals surface area contributed by atoms with E-state index in [0.29, 0.717) is 24.1 Å². The van der Waals surface area contributed by atoms with Gasteiger partial charge >= 0.3 is 0 Å². The topological polar surface area (TPSA) is 75.6 Å². The van der Waals surface area contributed by atoms with Gasteiger partial charge in [0, 0.05) is 18.0 Å². The number of ketones is 1. The maximum absolute atomic E-state index is 11.8. The normalized spacial score (nSPS) is 23.4. The molecule has 2 aliphatic rings. The van der Waals surface area contributed by atoms with Crippen molar-refractivity contribution in [3.63, 3.8) is 0 Å². The fourth-order valence-corrected chi connectivity index (χ4v) is 2.15. The maximum atomic E-state index is 11.8. The van der Waals surface area contributed by atoms with Gasteiger partial charge in [0.15, 0.2) is 5.78 Å². The van der Waals surface area contributed by atoms with Crippen LogP contribution in [0.15, 0.2) is 16.6 Å². The van der Waals surface area contributed by atoms with Crippen LogP contribution in [-0.2, 0) is 14.4 Å². The molecule has 1 aliphatic heterocycles. The van der Waals surface area contributed by atoms with Crippen molar-refractivity contribution in [2.24, 2.45) is 10.9 Å². The summed E-state index contributed by atoms with van der Waals surface area (Å²) in [5, 5.41) is 2.67. The van der Waals surface area contributed by atoms with Gasteiger partial charge in [0.05, 0.1) is 5.71 Å². The van der Waals surface area contributed by atoms with Crippen LogP contribution in [0, 0.1) is 5.92 Å². The molecule has 0 radical (unpaired) electrons. The summed E-state index contributed by atoms with van der Waals surface area (Å²) in [4.78, 5) is 39.2. The Bertz CT molecular complexity index is 475. The first-order valence-electron chi connectivity index (χ1n) is 6.16. The van der Waals surface area contributed by atoms with E-state index in [1.165, 1.54) is 6.08 Å². The van der Waals surface area contributed by atoms with Gasteiger partial charge in [-0.1, -0.05) is 6.08 Å². The first kappa shape index (κ1) is 12.7. The predicted octanol–water partition coefficient (Wildman–Crippen LogP) is 0.788. The number of dihydropyridines is 1. The summed E-state index contributed by atoms with van der Waals surface area (Å²) in [6.07, 6.45) is 3.31. The summed E-state index contributed by atoms with van der Waals surface area (Å²) in [5.74, 6) is -1.83. The minimum Gasteiger partial charge on any atom is -0.353 e. The number of carbonyl (C=O) groups is 3. The highest BCUT2D eigenvalue weighted by Gasteiger charge is 2.33. The lowest BCUT2D eigenvalue weighted by molar-refractivity contribution is -0.131. The van der Waals surface area contributed by atoms with E-state index in [2.05, 4.69) is 10.3 Å². The van der Waals surface area contributed by atoms with Crippen LogP contribution in [0.5, 0.6) is 0 Å². The van der Waals surface area contributed by atoms with E-state index in [1.54, 1.807) is 0 Å². The molecule has 2 amide bonds. The van der Waals surface area contributed by atoms with Gasteiger partial charge in [-0.05, 0) is 26.7 Å². The van der Waals surface area contributed by atoms with E-state index in [4.69, 9.17) is 0 Å². The molecule has 0 saturated heterocycles. The number of nitrogens with one attached hydrogen (secondary N) is 1.